The van der Waals surface area contributed by atoms with Gasteiger partial charge in [-0.25, -0.2) is 8.42 Å². The first-order valence-corrected chi connectivity index (χ1v) is 8.70. The molecule has 1 aliphatic carbocycles. The largest absolute Gasteiger partial charge is 0.433 e. The van der Waals surface area contributed by atoms with Gasteiger partial charge in [-0.15, -0.1) is 0 Å². The summed E-state index contributed by atoms with van der Waals surface area (Å²) >= 11 is 0. The summed E-state index contributed by atoms with van der Waals surface area (Å²) in [5.74, 6) is 0. The molecule has 1 aromatic rings. The Morgan fingerprint density at radius 3 is 2.27 bits per heavy atom. The Balaban J connectivity index is 1.81. The Morgan fingerprint density at radius 1 is 1.14 bits per heavy atom. The van der Waals surface area contributed by atoms with Gasteiger partial charge in [0.25, 0.3) is 0 Å². The van der Waals surface area contributed by atoms with Gasteiger partial charge in [-0.05, 0) is 43.2 Å². The zero-order chi connectivity index (χ0) is 16.0. The minimum Gasteiger partial charge on any atom is -0.252 e. The van der Waals surface area contributed by atoms with Crippen molar-refractivity contribution in [3.8, 4) is 0 Å². The highest BCUT2D eigenvalue weighted by molar-refractivity contribution is 7.89. The van der Waals surface area contributed by atoms with Crippen molar-refractivity contribution in [3.05, 3.63) is 24.0 Å². The monoisotopic (exact) mass is 334 g/mol. The molecular formula is C14H17F3N2O2S. The Kier molecular flexibility index (Phi) is 3.71. The number of nitrogens with zero attached hydrogens (tertiary/aromatic N) is 2. The molecule has 0 aromatic carbocycles. The number of pyridine rings is 1. The Hall–Kier alpha value is -1.15. The van der Waals surface area contributed by atoms with E-state index in [1.54, 1.807) is 0 Å². The van der Waals surface area contributed by atoms with Gasteiger partial charge in [-0.1, -0.05) is 6.42 Å². The maximum absolute atomic E-state index is 12.7. The van der Waals surface area contributed by atoms with E-state index >= 15 is 0 Å². The zero-order valence-corrected chi connectivity index (χ0v) is 12.8. The number of piperidine rings is 1. The van der Waals surface area contributed by atoms with Crippen LogP contribution in [-0.4, -0.2) is 30.8 Å². The average Bonchev–Trinajstić information content (AvgIpc) is 2.45. The van der Waals surface area contributed by atoms with Crippen molar-refractivity contribution in [2.24, 2.45) is 5.41 Å². The molecule has 0 N–H and O–H groups in total. The van der Waals surface area contributed by atoms with Crippen LogP contribution in [0.15, 0.2) is 23.2 Å². The van der Waals surface area contributed by atoms with Crippen LogP contribution in [0.1, 0.15) is 37.8 Å². The molecule has 1 saturated heterocycles. The van der Waals surface area contributed by atoms with E-state index in [4.69, 9.17) is 0 Å². The highest BCUT2D eigenvalue weighted by atomic mass is 32.2. The van der Waals surface area contributed by atoms with E-state index in [0.29, 0.717) is 19.2 Å². The molecule has 1 aromatic heterocycles. The quantitative estimate of drug-likeness (QED) is 0.835. The lowest BCUT2D eigenvalue weighted by Crippen LogP contribution is -2.45. The third-order valence-corrected chi connectivity index (χ3v) is 6.75. The standard InChI is InChI=1S/C14H17F3N2O2S/c15-14(16,17)12-10-11(2-7-18-12)22(20,21)19-8-5-13(6-9-19)3-1-4-13/h2,7,10H,1,3-6,8-9H2. The molecule has 122 valence electrons. The normalized spacial score (nSPS) is 22.5. The zero-order valence-electron chi connectivity index (χ0n) is 11.9. The highest BCUT2D eigenvalue weighted by Gasteiger charge is 2.42. The van der Waals surface area contributed by atoms with Crippen molar-refractivity contribution in [2.75, 3.05) is 13.1 Å². The van der Waals surface area contributed by atoms with E-state index in [-0.39, 0.29) is 10.3 Å². The van der Waals surface area contributed by atoms with Crippen LogP contribution in [0.4, 0.5) is 13.2 Å². The van der Waals surface area contributed by atoms with E-state index in [2.05, 4.69) is 4.98 Å². The summed E-state index contributed by atoms with van der Waals surface area (Å²) in [6.07, 6.45) is 1.29. The Bertz CT molecular complexity index is 659. The summed E-state index contributed by atoms with van der Waals surface area (Å²) in [4.78, 5) is 2.87. The number of hydrogen-bond acceptors (Lipinski definition) is 3. The second kappa shape index (κ2) is 5.19. The first-order valence-electron chi connectivity index (χ1n) is 7.26. The molecule has 2 fully saturated rings. The SMILES string of the molecule is O=S(=O)(c1ccnc(C(F)(F)F)c1)N1CCC2(CCC2)CC1. The maximum Gasteiger partial charge on any atom is 0.433 e. The molecule has 0 atom stereocenters. The predicted molar refractivity (Wildman–Crippen MR) is 73.5 cm³/mol. The lowest BCUT2D eigenvalue weighted by molar-refractivity contribution is -0.141. The van der Waals surface area contributed by atoms with Crippen molar-refractivity contribution >= 4 is 10.0 Å². The fraction of sp³-hybridized carbons (Fsp3) is 0.643. The third kappa shape index (κ3) is 2.74. The predicted octanol–water partition coefficient (Wildman–Crippen LogP) is 3.06. The Labute approximate surface area is 127 Å². The molecular weight excluding hydrogens is 317 g/mol. The van der Waals surface area contributed by atoms with E-state index in [0.717, 1.165) is 37.9 Å². The molecule has 4 nitrogen and oxygen atoms in total. The summed E-state index contributed by atoms with van der Waals surface area (Å²) in [6, 6.07) is 1.74. The summed E-state index contributed by atoms with van der Waals surface area (Å²) in [7, 11) is -3.89. The van der Waals surface area contributed by atoms with Gasteiger partial charge in [0.1, 0.15) is 5.69 Å². The molecule has 0 unspecified atom stereocenters. The van der Waals surface area contributed by atoms with E-state index in [9.17, 15) is 21.6 Å². The number of hydrogen-bond donors (Lipinski definition) is 0. The molecule has 3 rings (SSSR count). The second-order valence-corrected chi connectivity index (χ2v) is 8.07. The number of rotatable bonds is 2. The minimum atomic E-state index is -4.65. The summed E-state index contributed by atoms with van der Waals surface area (Å²) in [6.45, 7) is 0.762. The van der Waals surface area contributed by atoms with Gasteiger partial charge in [-0.2, -0.15) is 17.5 Å². The van der Waals surface area contributed by atoms with E-state index in [1.165, 1.54) is 10.7 Å². The number of aromatic nitrogens is 1. The summed E-state index contributed by atoms with van der Waals surface area (Å²) in [5, 5.41) is 0. The van der Waals surface area contributed by atoms with Crippen molar-refractivity contribution in [3.63, 3.8) is 0 Å². The first kappa shape index (κ1) is 15.7. The van der Waals surface area contributed by atoms with Crippen LogP contribution in [-0.2, 0) is 16.2 Å². The van der Waals surface area contributed by atoms with E-state index in [1.807, 2.05) is 0 Å². The van der Waals surface area contributed by atoms with Crippen molar-refractivity contribution < 1.29 is 21.6 Å². The molecule has 1 saturated carbocycles. The molecule has 0 amide bonds. The van der Waals surface area contributed by atoms with Gasteiger partial charge < -0.3 is 0 Å². The molecule has 1 spiro atoms. The minimum absolute atomic E-state index is 0.279. The maximum atomic E-state index is 12.7. The third-order valence-electron chi connectivity index (χ3n) is 4.86. The van der Waals surface area contributed by atoms with Crippen molar-refractivity contribution in [2.45, 2.75) is 43.2 Å². The van der Waals surface area contributed by atoms with Gasteiger partial charge in [0.05, 0.1) is 4.90 Å². The first-order chi connectivity index (χ1) is 10.2. The van der Waals surface area contributed by atoms with Crippen LogP contribution >= 0.6 is 0 Å². The van der Waals surface area contributed by atoms with Gasteiger partial charge in [0.2, 0.25) is 10.0 Å². The van der Waals surface area contributed by atoms with E-state index < -0.39 is 21.9 Å². The molecule has 22 heavy (non-hydrogen) atoms. The number of halogens is 3. The molecule has 8 heteroatoms. The van der Waals surface area contributed by atoms with Crippen LogP contribution in [0.3, 0.4) is 0 Å². The van der Waals surface area contributed by atoms with Crippen LogP contribution in [0.25, 0.3) is 0 Å². The fourth-order valence-corrected chi connectivity index (χ4v) is 4.71. The second-order valence-electron chi connectivity index (χ2n) is 6.13. The molecule has 0 radical (unpaired) electrons. The van der Waals surface area contributed by atoms with Gasteiger partial charge >= 0.3 is 6.18 Å². The van der Waals surface area contributed by atoms with Crippen LogP contribution in [0, 0.1) is 5.41 Å². The topological polar surface area (TPSA) is 50.3 Å². The molecule has 2 aliphatic rings. The fourth-order valence-electron chi connectivity index (χ4n) is 3.25. The molecule has 0 bridgehead atoms. The summed E-state index contributed by atoms with van der Waals surface area (Å²) in [5.41, 5.74) is -0.900. The Morgan fingerprint density at radius 2 is 1.77 bits per heavy atom. The summed E-state index contributed by atoms with van der Waals surface area (Å²) < 4.78 is 64.4. The lowest BCUT2D eigenvalue weighted by Gasteiger charge is -2.47. The smallest absolute Gasteiger partial charge is 0.252 e. The average molecular weight is 334 g/mol. The molecule has 2 heterocycles. The van der Waals surface area contributed by atoms with Gasteiger partial charge in [0.15, 0.2) is 0 Å². The highest BCUT2D eigenvalue weighted by Crippen LogP contribution is 2.49. The van der Waals surface area contributed by atoms with Crippen LogP contribution in [0.5, 0.6) is 0 Å². The van der Waals surface area contributed by atoms with Gasteiger partial charge in [0, 0.05) is 19.3 Å². The number of alkyl halides is 3. The number of sulfonamides is 1. The molecule has 1 aliphatic heterocycles. The van der Waals surface area contributed by atoms with Crippen molar-refractivity contribution in [1.29, 1.82) is 0 Å². The van der Waals surface area contributed by atoms with Crippen LogP contribution in [0.2, 0.25) is 0 Å². The van der Waals surface area contributed by atoms with Gasteiger partial charge in [-0.3, -0.25) is 4.98 Å². The van der Waals surface area contributed by atoms with Crippen molar-refractivity contribution in [1.82, 2.24) is 9.29 Å². The van der Waals surface area contributed by atoms with Crippen LogP contribution < -0.4 is 0 Å². The lowest BCUT2D eigenvalue weighted by atomic mass is 9.63.